The maximum atomic E-state index is 6.35. The van der Waals surface area contributed by atoms with Crippen molar-refractivity contribution in [1.29, 1.82) is 0 Å². The van der Waals surface area contributed by atoms with Crippen LogP contribution in [-0.4, -0.2) is 9.78 Å². The summed E-state index contributed by atoms with van der Waals surface area (Å²) in [6.07, 6.45) is 0. The van der Waals surface area contributed by atoms with Gasteiger partial charge in [0.25, 0.3) is 0 Å². The molecule has 0 aliphatic carbocycles. The molecule has 88 valence electrons. The van der Waals surface area contributed by atoms with Crippen molar-refractivity contribution in [1.82, 2.24) is 9.78 Å². The first-order valence-corrected chi connectivity index (χ1v) is 7.14. The van der Waals surface area contributed by atoms with Crippen LogP contribution in [0.4, 0.5) is 0 Å². The van der Waals surface area contributed by atoms with Crippen molar-refractivity contribution >= 4 is 23.4 Å². The molecule has 1 aliphatic rings. The van der Waals surface area contributed by atoms with Gasteiger partial charge >= 0.3 is 0 Å². The molecule has 1 aliphatic heterocycles. The molecule has 0 amide bonds. The summed E-state index contributed by atoms with van der Waals surface area (Å²) >= 11 is 8.23. The molecule has 0 bridgehead atoms. The molecule has 0 radical (unpaired) electrons. The second-order valence-electron chi connectivity index (χ2n) is 4.36. The van der Waals surface area contributed by atoms with E-state index in [4.69, 9.17) is 11.6 Å². The molecule has 1 aromatic heterocycles. The van der Waals surface area contributed by atoms with E-state index in [1.165, 1.54) is 16.7 Å². The van der Waals surface area contributed by atoms with E-state index in [0.29, 0.717) is 0 Å². The van der Waals surface area contributed by atoms with Crippen molar-refractivity contribution in [3.05, 3.63) is 51.8 Å². The van der Waals surface area contributed by atoms with Crippen LogP contribution in [0.2, 0.25) is 5.15 Å². The fraction of sp³-hybridized carbons (Fsp3) is 0.308. The van der Waals surface area contributed by atoms with Crippen molar-refractivity contribution < 1.29 is 0 Å². The SMILES string of the molecule is Cc1cccc(Cn2nc3c(c2Cl)CSC3)c1. The Morgan fingerprint density at radius 1 is 1.41 bits per heavy atom. The predicted octanol–water partition coefficient (Wildman–Crippen LogP) is 3.64. The lowest BCUT2D eigenvalue weighted by atomic mass is 10.1. The van der Waals surface area contributed by atoms with Crippen molar-refractivity contribution in [3.63, 3.8) is 0 Å². The van der Waals surface area contributed by atoms with Gasteiger partial charge in [-0.2, -0.15) is 16.9 Å². The molecule has 0 spiro atoms. The molecule has 0 saturated carbocycles. The van der Waals surface area contributed by atoms with Crippen LogP contribution in [-0.2, 0) is 18.1 Å². The number of thioether (sulfide) groups is 1. The van der Waals surface area contributed by atoms with Gasteiger partial charge < -0.3 is 0 Å². The molecular weight excluding hydrogens is 252 g/mol. The second-order valence-corrected chi connectivity index (χ2v) is 5.70. The van der Waals surface area contributed by atoms with Gasteiger partial charge in [0.05, 0.1) is 12.2 Å². The van der Waals surface area contributed by atoms with E-state index in [0.717, 1.165) is 28.9 Å². The average Bonchev–Trinajstić information content (AvgIpc) is 2.84. The van der Waals surface area contributed by atoms with Crippen LogP contribution in [0.3, 0.4) is 0 Å². The van der Waals surface area contributed by atoms with E-state index in [1.807, 2.05) is 16.4 Å². The van der Waals surface area contributed by atoms with Gasteiger partial charge in [-0.1, -0.05) is 41.4 Å². The molecule has 2 aromatic rings. The number of halogens is 1. The van der Waals surface area contributed by atoms with Gasteiger partial charge in [0.15, 0.2) is 0 Å². The number of aryl methyl sites for hydroxylation is 1. The van der Waals surface area contributed by atoms with Gasteiger partial charge in [-0.3, -0.25) is 0 Å². The molecule has 0 saturated heterocycles. The van der Waals surface area contributed by atoms with Gasteiger partial charge in [-0.05, 0) is 12.5 Å². The molecule has 0 N–H and O–H groups in total. The van der Waals surface area contributed by atoms with Crippen LogP contribution >= 0.6 is 23.4 Å². The number of rotatable bonds is 2. The minimum absolute atomic E-state index is 0.762. The number of benzene rings is 1. The predicted molar refractivity (Wildman–Crippen MR) is 72.5 cm³/mol. The fourth-order valence-electron chi connectivity index (χ4n) is 2.12. The second kappa shape index (κ2) is 4.39. The van der Waals surface area contributed by atoms with Crippen LogP contribution in [0, 0.1) is 6.92 Å². The first-order valence-electron chi connectivity index (χ1n) is 5.61. The Balaban J connectivity index is 1.91. The van der Waals surface area contributed by atoms with E-state index in [1.54, 1.807) is 0 Å². The monoisotopic (exact) mass is 264 g/mol. The Hall–Kier alpha value is -0.930. The molecule has 0 unspecified atom stereocenters. The lowest BCUT2D eigenvalue weighted by molar-refractivity contribution is 0.678. The summed E-state index contributed by atoms with van der Waals surface area (Å²) in [5.74, 6) is 2.00. The van der Waals surface area contributed by atoms with Crippen molar-refractivity contribution in [2.24, 2.45) is 0 Å². The third-order valence-electron chi connectivity index (χ3n) is 2.97. The summed E-state index contributed by atoms with van der Waals surface area (Å²) in [4.78, 5) is 0. The van der Waals surface area contributed by atoms with E-state index in [2.05, 4.69) is 36.3 Å². The van der Waals surface area contributed by atoms with Crippen molar-refractivity contribution in [2.75, 3.05) is 0 Å². The largest absolute Gasteiger partial charge is 0.249 e. The quantitative estimate of drug-likeness (QED) is 0.824. The van der Waals surface area contributed by atoms with E-state index in [9.17, 15) is 0 Å². The van der Waals surface area contributed by atoms with Crippen LogP contribution in [0.5, 0.6) is 0 Å². The fourth-order valence-corrected chi connectivity index (χ4v) is 3.51. The summed E-state index contributed by atoms with van der Waals surface area (Å²) in [5.41, 5.74) is 4.91. The normalized spacial score (nSPS) is 14.0. The number of hydrogen-bond donors (Lipinski definition) is 0. The maximum absolute atomic E-state index is 6.35. The molecule has 0 atom stereocenters. The topological polar surface area (TPSA) is 17.8 Å². The van der Waals surface area contributed by atoms with E-state index >= 15 is 0 Å². The minimum Gasteiger partial charge on any atom is -0.249 e. The van der Waals surface area contributed by atoms with E-state index < -0.39 is 0 Å². The zero-order valence-electron chi connectivity index (χ0n) is 9.61. The summed E-state index contributed by atoms with van der Waals surface area (Å²) < 4.78 is 1.92. The van der Waals surface area contributed by atoms with Gasteiger partial charge in [0, 0.05) is 17.1 Å². The first-order chi connectivity index (χ1) is 8.24. The Bertz CT molecular complexity index is 563. The highest BCUT2D eigenvalue weighted by atomic mass is 35.5. The lowest BCUT2D eigenvalue weighted by Gasteiger charge is -2.05. The Labute approximate surface area is 110 Å². The van der Waals surface area contributed by atoms with Crippen LogP contribution in [0.25, 0.3) is 0 Å². The number of hydrogen-bond acceptors (Lipinski definition) is 2. The number of aromatic nitrogens is 2. The Morgan fingerprint density at radius 3 is 3.06 bits per heavy atom. The highest BCUT2D eigenvalue weighted by molar-refractivity contribution is 7.98. The van der Waals surface area contributed by atoms with Gasteiger partial charge in [-0.15, -0.1) is 0 Å². The third-order valence-corrected chi connectivity index (χ3v) is 4.36. The van der Waals surface area contributed by atoms with Gasteiger partial charge in [0.2, 0.25) is 0 Å². The highest BCUT2D eigenvalue weighted by Gasteiger charge is 2.21. The standard InChI is InChI=1S/C13H13ClN2S/c1-9-3-2-4-10(5-9)6-16-13(14)11-7-17-8-12(11)15-16/h2-5H,6-8H2,1H3. The van der Waals surface area contributed by atoms with Crippen LogP contribution in [0.1, 0.15) is 22.4 Å². The highest BCUT2D eigenvalue weighted by Crippen LogP contribution is 2.34. The lowest BCUT2D eigenvalue weighted by Crippen LogP contribution is -2.03. The first kappa shape index (κ1) is 11.2. The number of nitrogens with zero attached hydrogens (tertiary/aromatic N) is 2. The molecular formula is C13H13ClN2S. The van der Waals surface area contributed by atoms with Crippen molar-refractivity contribution in [3.8, 4) is 0 Å². The van der Waals surface area contributed by atoms with Gasteiger partial charge in [-0.25, -0.2) is 4.68 Å². The Kier molecular flexibility index (Phi) is 2.89. The maximum Gasteiger partial charge on any atom is 0.131 e. The van der Waals surface area contributed by atoms with Crippen LogP contribution < -0.4 is 0 Å². The third kappa shape index (κ3) is 2.09. The molecule has 17 heavy (non-hydrogen) atoms. The molecule has 3 rings (SSSR count). The van der Waals surface area contributed by atoms with Crippen LogP contribution in [0.15, 0.2) is 24.3 Å². The van der Waals surface area contributed by atoms with E-state index in [-0.39, 0.29) is 0 Å². The Morgan fingerprint density at radius 2 is 2.29 bits per heavy atom. The molecule has 2 heterocycles. The zero-order chi connectivity index (χ0) is 11.8. The number of fused-ring (bicyclic) bond motifs is 1. The zero-order valence-corrected chi connectivity index (χ0v) is 11.2. The molecule has 4 heteroatoms. The average molecular weight is 265 g/mol. The smallest absolute Gasteiger partial charge is 0.131 e. The molecule has 2 nitrogen and oxygen atoms in total. The van der Waals surface area contributed by atoms with Gasteiger partial charge in [0.1, 0.15) is 5.15 Å². The minimum atomic E-state index is 0.762. The summed E-state index contributed by atoms with van der Waals surface area (Å²) in [7, 11) is 0. The summed E-state index contributed by atoms with van der Waals surface area (Å²) in [6, 6.07) is 8.47. The summed E-state index contributed by atoms with van der Waals surface area (Å²) in [6.45, 7) is 2.86. The summed E-state index contributed by atoms with van der Waals surface area (Å²) in [5, 5.41) is 5.39. The molecule has 1 aromatic carbocycles. The molecule has 0 fully saturated rings. The van der Waals surface area contributed by atoms with Crippen molar-refractivity contribution in [2.45, 2.75) is 25.0 Å².